The third-order valence-electron chi connectivity index (χ3n) is 5.69. The fourth-order valence-corrected chi connectivity index (χ4v) is 4.16. The molecule has 0 aromatic carbocycles. The Morgan fingerprint density at radius 2 is 2.11 bits per heavy atom. The maximum Gasteiger partial charge on any atom is 0.222 e. The summed E-state index contributed by atoms with van der Waals surface area (Å²) in [7, 11) is 0. The minimum Gasteiger partial charge on any atom is -0.369 e. The van der Waals surface area contributed by atoms with Crippen molar-refractivity contribution < 1.29 is 4.79 Å². The van der Waals surface area contributed by atoms with Crippen LogP contribution >= 0.6 is 0 Å². The van der Waals surface area contributed by atoms with Gasteiger partial charge in [0.15, 0.2) is 5.96 Å². The molecule has 3 rings (SSSR count). The number of nitrogens with one attached hydrogen (secondary N) is 2. The number of carbonyl (C=O) groups is 1. The Balaban J connectivity index is 1.70. The van der Waals surface area contributed by atoms with E-state index in [4.69, 9.17) is 10.7 Å². The van der Waals surface area contributed by atoms with E-state index in [-0.39, 0.29) is 11.8 Å². The lowest BCUT2D eigenvalue weighted by atomic mass is 9.96. The van der Waals surface area contributed by atoms with E-state index in [1.807, 2.05) is 12.3 Å². The Kier molecular flexibility index (Phi) is 7.51. The first-order valence-electron chi connectivity index (χ1n) is 10.7. The minimum atomic E-state index is -0.216. The number of hydrogen-bond donors (Lipinski definition) is 3. The molecule has 2 fully saturated rings. The van der Waals surface area contributed by atoms with Gasteiger partial charge in [-0.1, -0.05) is 25.3 Å². The Labute approximate surface area is 168 Å². The second kappa shape index (κ2) is 10.3. The van der Waals surface area contributed by atoms with Crippen LogP contribution in [0, 0.1) is 5.92 Å². The number of rotatable bonds is 6. The molecule has 7 nitrogen and oxygen atoms in total. The van der Waals surface area contributed by atoms with Gasteiger partial charge in [-0.15, -0.1) is 0 Å². The predicted octanol–water partition coefficient (Wildman–Crippen LogP) is 2.17. The van der Waals surface area contributed by atoms with Crippen molar-refractivity contribution in [3.05, 3.63) is 23.9 Å². The van der Waals surface area contributed by atoms with Gasteiger partial charge in [-0.2, -0.15) is 0 Å². The Morgan fingerprint density at radius 3 is 2.86 bits per heavy atom. The third kappa shape index (κ3) is 5.59. The van der Waals surface area contributed by atoms with Crippen LogP contribution in [0.2, 0.25) is 0 Å². The number of guanidine groups is 1. The number of aliphatic imine (C=N–C) groups is 1. The zero-order chi connectivity index (χ0) is 19.8. The number of aromatic nitrogens is 1. The molecule has 1 saturated heterocycles. The van der Waals surface area contributed by atoms with Crippen molar-refractivity contribution in [1.82, 2.24) is 15.6 Å². The van der Waals surface area contributed by atoms with E-state index in [0.717, 1.165) is 43.3 Å². The zero-order valence-electron chi connectivity index (χ0n) is 17.0. The van der Waals surface area contributed by atoms with Gasteiger partial charge in [0.2, 0.25) is 5.91 Å². The van der Waals surface area contributed by atoms with Gasteiger partial charge in [0.1, 0.15) is 5.82 Å². The van der Waals surface area contributed by atoms with E-state index < -0.39 is 0 Å². The molecule has 1 aromatic rings. The lowest BCUT2D eigenvalue weighted by Crippen LogP contribution is -2.44. The highest BCUT2D eigenvalue weighted by atomic mass is 16.1. The van der Waals surface area contributed by atoms with Crippen LogP contribution in [0.4, 0.5) is 5.82 Å². The van der Waals surface area contributed by atoms with E-state index in [1.165, 1.54) is 32.1 Å². The second-order valence-electron chi connectivity index (χ2n) is 7.85. The molecule has 1 amide bonds. The largest absolute Gasteiger partial charge is 0.369 e. The molecular formula is C21H34N6O. The van der Waals surface area contributed by atoms with Gasteiger partial charge in [0, 0.05) is 37.4 Å². The van der Waals surface area contributed by atoms with Gasteiger partial charge >= 0.3 is 0 Å². The number of pyridine rings is 1. The first kappa shape index (κ1) is 20.4. The summed E-state index contributed by atoms with van der Waals surface area (Å²) in [5.41, 5.74) is 6.62. The lowest BCUT2D eigenvalue weighted by Gasteiger charge is -2.33. The monoisotopic (exact) mass is 386 g/mol. The summed E-state index contributed by atoms with van der Waals surface area (Å²) in [6, 6.07) is 4.54. The van der Waals surface area contributed by atoms with Gasteiger partial charge in [0.25, 0.3) is 0 Å². The number of anilines is 1. The standard InChI is InChI=1S/C21H34N6O/c1-2-23-21(26-18-10-4-3-5-11-18)25-14-16-8-6-12-24-20(16)27-13-7-9-17(15-27)19(22)28/h6,8,12,17-18H,2-5,7,9-11,13-15H2,1H3,(H2,22,28)(H2,23,25,26). The normalized spacial score (nSPS) is 21.4. The minimum absolute atomic E-state index is 0.0996. The zero-order valence-corrected chi connectivity index (χ0v) is 17.0. The average Bonchev–Trinajstić information content (AvgIpc) is 2.73. The summed E-state index contributed by atoms with van der Waals surface area (Å²) in [5.74, 6) is 1.48. The maximum absolute atomic E-state index is 11.6. The molecule has 1 atom stereocenters. The number of piperidine rings is 1. The van der Waals surface area contributed by atoms with Crippen LogP contribution in [0.15, 0.2) is 23.3 Å². The SMILES string of the molecule is CCNC(=NCc1cccnc1N1CCCC(C(N)=O)C1)NC1CCCCC1. The number of primary amides is 1. The molecule has 28 heavy (non-hydrogen) atoms. The number of nitrogens with two attached hydrogens (primary N) is 1. The molecule has 1 unspecified atom stereocenters. The van der Waals surface area contributed by atoms with Crippen LogP contribution in [-0.4, -0.2) is 42.5 Å². The molecule has 154 valence electrons. The van der Waals surface area contributed by atoms with Crippen molar-refractivity contribution in [3.8, 4) is 0 Å². The molecule has 4 N–H and O–H groups in total. The van der Waals surface area contributed by atoms with Crippen LogP contribution in [-0.2, 0) is 11.3 Å². The summed E-state index contributed by atoms with van der Waals surface area (Å²) in [5, 5.41) is 6.96. The van der Waals surface area contributed by atoms with Crippen molar-refractivity contribution >= 4 is 17.7 Å². The Bertz CT molecular complexity index is 671. The topological polar surface area (TPSA) is 95.6 Å². The number of carbonyl (C=O) groups excluding carboxylic acids is 1. The van der Waals surface area contributed by atoms with Crippen molar-refractivity contribution in [2.24, 2.45) is 16.6 Å². The molecule has 2 heterocycles. The summed E-state index contributed by atoms with van der Waals surface area (Å²) in [6.07, 6.45) is 9.98. The smallest absolute Gasteiger partial charge is 0.222 e. The first-order valence-corrected chi connectivity index (χ1v) is 10.7. The predicted molar refractivity (Wildman–Crippen MR) is 113 cm³/mol. The summed E-state index contributed by atoms with van der Waals surface area (Å²) in [6.45, 7) is 5.03. The molecule has 0 spiro atoms. The molecule has 2 aliphatic rings. The van der Waals surface area contributed by atoms with Gasteiger partial charge < -0.3 is 21.3 Å². The van der Waals surface area contributed by atoms with Gasteiger partial charge in [-0.3, -0.25) is 4.79 Å². The molecule has 7 heteroatoms. The van der Waals surface area contributed by atoms with E-state index in [1.54, 1.807) is 0 Å². The first-order chi connectivity index (χ1) is 13.7. The number of hydrogen-bond acceptors (Lipinski definition) is 4. The fourth-order valence-electron chi connectivity index (χ4n) is 4.16. The van der Waals surface area contributed by atoms with Crippen molar-refractivity contribution in [2.75, 3.05) is 24.5 Å². The van der Waals surface area contributed by atoms with Crippen LogP contribution in [0.5, 0.6) is 0 Å². The van der Waals surface area contributed by atoms with Crippen LogP contribution in [0.3, 0.4) is 0 Å². The quantitative estimate of drug-likeness (QED) is 0.514. The summed E-state index contributed by atoms with van der Waals surface area (Å²) in [4.78, 5) is 23.2. The maximum atomic E-state index is 11.6. The van der Waals surface area contributed by atoms with Gasteiger partial charge in [-0.25, -0.2) is 9.98 Å². The van der Waals surface area contributed by atoms with E-state index in [2.05, 4.69) is 33.5 Å². The average molecular weight is 387 g/mol. The lowest BCUT2D eigenvalue weighted by molar-refractivity contribution is -0.122. The van der Waals surface area contributed by atoms with Crippen LogP contribution in [0.1, 0.15) is 57.4 Å². The van der Waals surface area contributed by atoms with Gasteiger partial charge in [0.05, 0.1) is 12.5 Å². The summed E-state index contributed by atoms with van der Waals surface area (Å²) < 4.78 is 0. The Hall–Kier alpha value is -2.31. The fraction of sp³-hybridized carbons (Fsp3) is 0.667. The van der Waals surface area contributed by atoms with Gasteiger partial charge in [-0.05, 0) is 38.7 Å². The molecule has 0 bridgehead atoms. The van der Waals surface area contributed by atoms with Crippen molar-refractivity contribution in [2.45, 2.75) is 64.5 Å². The second-order valence-corrected chi connectivity index (χ2v) is 7.85. The molecule has 1 aliphatic heterocycles. The van der Waals surface area contributed by atoms with Crippen LogP contribution < -0.4 is 21.3 Å². The number of amides is 1. The summed E-state index contributed by atoms with van der Waals surface area (Å²) >= 11 is 0. The third-order valence-corrected chi connectivity index (χ3v) is 5.69. The highest BCUT2D eigenvalue weighted by Crippen LogP contribution is 2.25. The molecule has 1 saturated carbocycles. The molecule has 1 aliphatic carbocycles. The van der Waals surface area contributed by atoms with Crippen LogP contribution in [0.25, 0.3) is 0 Å². The number of nitrogens with zero attached hydrogens (tertiary/aromatic N) is 3. The van der Waals surface area contributed by atoms with Crippen molar-refractivity contribution in [3.63, 3.8) is 0 Å². The van der Waals surface area contributed by atoms with E-state index >= 15 is 0 Å². The molecule has 1 aromatic heterocycles. The van der Waals surface area contributed by atoms with E-state index in [0.29, 0.717) is 19.1 Å². The van der Waals surface area contributed by atoms with E-state index in [9.17, 15) is 4.79 Å². The van der Waals surface area contributed by atoms with Crippen molar-refractivity contribution in [1.29, 1.82) is 0 Å². The highest BCUT2D eigenvalue weighted by molar-refractivity contribution is 5.80. The molecular weight excluding hydrogens is 352 g/mol. The highest BCUT2D eigenvalue weighted by Gasteiger charge is 2.26. The molecule has 0 radical (unpaired) electrons. The Morgan fingerprint density at radius 1 is 1.29 bits per heavy atom.